The van der Waals surface area contributed by atoms with Gasteiger partial charge in [0.2, 0.25) is 0 Å². The van der Waals surface area contributed by atoms with Crippen molar-refractivity contribution >= 4 is 10.8 Å². The Hall–Kier alpha value is 0.110. The molecule has 3 atom stereocenters. The number of nitrogens with one attached hydrogen (secondary N) is 1. The van der Waals surface area contributed by atoms with Crippen molar-refractivity contribution in [2.24, 2.45) is 5.41 Å². The third-order valence-corrected chi connectivity index (χ3v) is 3.29. The van der Waals surface area contributed by atoms with Crippen molar-refractivity contribution < 1.29 is 4.21 Å². The summed E-state index contributed by atoms with van der Waals surface area (Å²) >= 11 is 0. The lowest BCUT2D eigenvalue weighted by Gasteiger charge is -2.30. The predicted octanol–water partition coefficient (Wildman–Crippen LogP) is 1.78. The van der Waals surface area contributed by atoms with Crippen LogP contribution in [0.2, 0.25) is 0 Å². The summed E-state index contributed by atoms with van der Waals surface area (Å²) in [5.74, 6) is 0.737. The van der Waals surface area contributed by atoms with Crippen LogP contribution in [0.5, 0.6) is 0 Å². The monoisotopic (exact) mass is 205 g/mol. The minimum atomic E-state index is -0.701. The molecule has 0 aromatic carbocycles. The summed E-state index contributed by atoms with van der Waals surface area (Å²) in [6.07, 6.45) is 1.75. The zero-order valence-corrected chi connectivity index (χ0v) is 10.5. The smallest absolute Gasteiger partial charge is 0.0383 e. The third kappa shape index (κ3) is 6.22. The van der Waals surface area contributed by atoms with E-state index >= 15 is 0 Å². The number of rotatable bonds is 4. The standard InChI is InChI=1S/C10H23NOS/c1-8(7-13(6)12)11-9(2)10(3,4)5/h8-9,11H,7H2,1-6H3. The Bertz CT molecular complexity index is 174. The third-order valence-electron chi connectivity index (χ3n) is 2.32. The molecule has 0 rings (SSSR count). The quantitative estimate of drug-likeness (QED) is 0.758. The van der Waals surface area contributed by atoms with Gasteiger partial charge >= 0.3 is 0 Å². The van der Waals surface area contributed by atoms with Crippen molar-refractivity contribution in [3.8, 4) is 0 Å². The highest BCUT2D eigenvalue weighted by Gasteiger charge is 2.21. The highest BCUT2D eigenvalue weighted by atomic mass is 32.2. The zero-order valence-electron chi connectivity index (χ0n) is 9.68. The fourth-order valence-electron chi connectivity index (χ4n) is 1.08. The maximum absolute atomic E-state index is 11.0. The van der Waals surface area contributed by atoms with Gasteiger partial charge in [-0.3, -0.25) is 4.21 Å². The molecule has 0 saturated carbocycles. The van der Waals surface area contributed by atoms with E-state index in [2.05, 4.69) is 39.9 Å². The second kappa shape index (κ2) is 5.11. The summed E-state index contributed by atoms with van der Waals surface area (Å²) in [4.78, 5) is 0. The Morgan fingerprint density at radius 3 is 2.08 bits per heavy atom. The summed E-state index contributed by atoms with van der Waals surface area (Å²) < 4.78 is 11.0. The van der Waals surface area contributed by atoms with E-state index in [9.17, 15) is 4.21 Å². The van der Waals surface area contributed by atoms with E-state index < -0.39 is 10.8 Å². The van der Waals surface area contributed by atoms with Crippen LogP contribution in [0.15, 0.2) is 0 Å². The van der Waals surface area contributed by atoms with E-state index in [1.54, 1.807) is 6.26 Å². The molecule has 0 aliphatic carbocycles. The molecule has 0 amide bonds. The normalized spacial score (nSPS) is 19.5. The molecule has 0 aliphatic heterocycles. The number of hydrogen-bond acceptors (Lipinski definition) is 2. The van der Waals surface area contributed by atoms with Crippen LogP contribution in [0.1, 0.15) is 34.6 Å². The predicted molar refractivity (Wildman–Crippen MR) is 60.4 cm³/mol. The van der Waals surface area contributed by atoms with Gasteiger partial charge in [0.1, 0.15) is 0 Å². The molecule has 0 spiro atoms. The van der Waals surface area contributed by atoms with Crippen LogP contribution in [0.4, 0.5) is 0 Å². The Balaban J connectivity index is 3.92. The van der Waals surface area contributed by atoms with E-state index in [1.165, 1.54) is 0 Å². The van der Waals surface area contributed by atoms with Gasteiger partial charge < -0.3 is 5.32 Å². The zero-order chi connectivity index (χ0) is 10.6. The fourth-order valence-corrected chi connectivity index (χ4v) is 1.88. The molecule has 3 heteroatoms. The molecule has 0 saturated heterocycles. The van der Waals surface area contributed by atoms with E-state index in [0.29, 0.717) is 12.1 Å². The maximum atomic E-state index is 11.0. The molecule has 0 aliphatic rings. The van der Waals surface area contributed by atoms with Crippen LogP contribution in [0.25, 0.3) is 0 Å². The maximum Gasteiger partial charge on any atom is 0.0383 e. The lowest BCUT2D eigenvalue weighted by Crippen LogP contribution is -2.44. The van der Waals surface area contributed by atoms with Crippen molar-refractivity contribution in [3.05, 3.63) is 0 Å². The molecule has 0 aromatic heterocycles. The average Bonchev–Trinajstić information content (AvgIpc) is 1.82. The molecular weight excluding hydrogens is 182 g/mol. The van der Waals surface area contributed by atoms with E-state index in [4.69, 9.17) is 0 Å². The van der Waals surface area contributed by atoms with Crippen LogP contribution in [-0.4, -0.2) is 28.3 Å². The van der Waals surface area contributed by atoms with Crippen LogP contribution in [0, 0.1) is 5.41 Å². The first-order valence-corrected chi connectivity index (χ1v) is 6.52. The Kier molecular flexibility index (Phi) is 5.15. The summed E-state index contributed by atoms with van der Waals surface area (Å²) in [5.41, 5.74) is 0.267. The van der Waals surface area contributed by atoms with E-state index in [1.807, 2.05) is 0 Å². The molecule has 0 fully saturated rings. The Labute approximate surface area is 84.9 Å². The van der Waals surface area contributed by atoms with Crippen molar-refractivity contribution in [2.45, 2.75) is 46.7 Å². The lowest BCUT2D eigenvalue weighted by atomic mass is 9.88. The second-order valence-corrected chi connectivity index (χ2v) is 6.38. The first-order chi connectivity index (χ1) is 5.73. The molecule has 13 heavy (non-hydrogen) atoms. The first-order valence-electron chi connectivity index (χ1n) is 4.79. The minimum Gasteiger partial charge on any atom is -0.310 e. The molecule has 2 nitrogen and oxygen atoms in total. The first kappa shape index (κ1) is 13.1. The lowest BCUT2D eigenvalue weighted by molar-refractivity contribution is 0.272. The second-order valence-electron chi connectivity index (χ2n) is 4.90. The van der Waals surface area contributed by atoms with Gasteiger partial charge in [-0.2, -0.15) is 0 Å². The topological polar surface area (TPSA) is 29.1 Å². The van der Waals surface area contributed by atoms with Gasteiger partial charge in [-0.05, 0) is 19.3 Å². The van der Waals surface area contributed by atoms with Crippen LogP contribution in [-0.2, 0) is 10.8 Å². The minimum absolute atomic E-state index is 0.267. The van der Waals surface area contributed by atoms with E-state index in [0.717, 1.165) is 5.75 Å². The molecule has 3 unspecified atom stereocenters. The Morgan fingerprint density at radius 2 is 1.77 bits per heavy atom. The highest BCUT2D eigenvalue weighted by molar-refractivity contribution is 7.84. The summed E-state index contributed by atoms with van der Waals surface area (Å²) in [6.45, 7) is 10.9. The van der Waals surface area contributed by atoms with Crippen molar-refractivity contribution in [1.29, 1.82) is 0 Å². The summed E-state index contributed by atoms with van der Waals surface area (Å²) in [5, 5.41) is 3.46. The molecule has 0 aromatic rings. The molecule has 0 heterocycles. The Morgan fingerprint density at radius 1 is 1.31 bits per heavy atom. The fraction of sp³-hybridized carbons (Fsp3) is 1.00. The summed E-state index contributed by atoms with van der Waals surface area (Å²) in [7, 11) is -0.701. The van der Waals surface area contributed by atoms with Crippen molar-refractivity contribution in [2.75, 3.05) is 12.0 Å². The molecule has 0 radical (unpaired) electrons. The molecule has 80 valence electrons. The largest absolute Gasteiger partial charge is 0.310 e. The SMILES string of the molecule is CC(CS(C)=O)NC(C)C(C)(C)C. The van der Waals surface area contributed by atoms with Gasteiger partial charge in [0.15, 0.2) is 0 Å². The van der Waals surface area contributed by atoms with Gasteiger partial charge in [0.25, 0.3) is 0 Å². The van der Waals surface area contributed by atoms with Crippen LogP contribution >= 0.6 is 0 Å². The van der Waals surface area contributed by atoms with E-state index in [-0.39, 0.29) is 5.41 Å². The van der Waals surface area contributed by atoms with Crippen LogP contribution in [0.3, 0.4) is 0 Å². The van der Waals surface area contributed by atoms with Gasteiger partial charge in [-0.15, -0.1) is 0 Å². The van der Waals surface area contributed by atoms with Gasteiger partial charge in [-0.1, -0.05) is 20.8 Å². The summed E-state index contributed by atoms with van der Waals surface area (Å²) in [6, 6.07) is 0.783. The average molecular weight is 205 g/mol. The van der Waals surface area contributed by atoms with Crippen molar-refractivity contribution in [1.82, 2.24) is 5.32 Å². The molecule has 0 bridgehead atoms. The van der Waals surface area contributed by atoms with Gasteiger partial charge in [-0.25, -0.2) is 0 Å². The van der Waals surface area contributed by atoms with Crippen molar-refractivity contribution in [3.63, 3.8) is 0 Å². The van der Waals surface area contributed by atoms with Gasteiger partial charge in [0, 0.05) is 34.9 Å². The van der Waals surface area contributed by atoms with Crippen LogP contribution < -0.4 is 5.32 Å². The number of hydrogen-bond donors (Lipinski definition) is 1. The van der Waals surface area contributed by atoms with Gasteiger partial charge in [0.05, 0.1) is 0 Å². The molecule has 1 N–H and O–H groups in total. The molecular formula is C10H23NOS. The highest BCUT2D eigenvalue weighted by Crippen LogP contribution is 2.18.